The third-order valence-corrected chi connectivity index (χ3v) is 2.65. The van der Waals surface area contributed by atoms with Gasteiger partial charge in [0.25, 0.3) is 0 Å². The quantitative estimate of drug-likeness (QED) is 0.385. The summed E-state index contributed by atoms with van der Waals surface area (Å²) in [5, 5.41) is 3.55. The van der Waals surface area contributed by atoms with E-state index in [-0.39, 0.29) is 11.9 Å². The van der Waals surface area contributed by atoms with Crippen LogP contribution >= 0.6 is 0 Å². The van der Waals surface area contributed by atoms with E-state index in [2.05, 4.69) is 23.9 Å². The van der Waals surface area contributed by atoms with Gasteiger partial charge < -0.3 is 4.90 Å². The predicted octanol–water partition coefficient (Wildman–Crippen LogP) is 1.94. The van der Waals surface area contributed by atoms with Gasteiger partial charge in [0.2, 0.25) is 5.91 Å². The van der Waals surface area contributed by atoms with Crippen molar-refractivity contribution in [1.29, 1.82) is 0 Å². The minimum atomic E-state index is 0.000817. The number of azide groups is 1. The van der Waals surface area contributed by atoms with Gasteiger partial charge in [-0.15, -0.1) is 0 Å². The van der Waals surface area contributed by atoms with Crippen LogP contribution < -0.4 is 0 Å². The molecule has 0 aromatic heterocycles. The van der Waals surface area contributed by atoms with E-state index < -0.39 is 0 Å². The van der Waals surface area contributed by atoms with Crippen LogP contribution in [-0.4, -0.2) is 29.9 Å². The number of amides is 1. The van der Waals surface area contributed by atoms with Gasteiger partial charge in [-0.3, -0.25) is 4.79 Å². The van der Waals surface area contributed by atoms with E-state index in [0.29, 0.717) is 25.4 Å². The van der Waals surface area contributed by atoms with Crippen LogP contribution in [0.15, 0.2) is 5.11 Å². The number of rotatable bonds is 4. The van der Waals surface area contributed by atoms with Crippen LogP contribution in [0.25, 0.3) is 10.4 Å². The molecule has 1 saturated heterocycles. The Morgan fingerprint density at radius 1 is 1.71 bits per heavy atom. The lowest BCUT2D eigenvalue weighted by Gasteiger charge is -2.37. The van der Waals surface area contributed by atoms with Crippen LogP contribution in [-0.2, 0) is 4.79 Å². The topological polar surface area (TPSA) is 69.1 Å². The molecular formula is C9H16N4O. The zero-order valence-corrected chi connectivity index (χ0v) is 8.68. The third-order valence-electron chi connectivity index (χ3n) is 2.65. The van der Waals surface area contributed by atoms with Crippen LogP contribution in [0.3, 0.4) is 0 Å². The highest BCUT2D eigenvalue weighted by Crippen LogP contribution is 2.16. The molecule has 1 heterocycles. The minimum Gasteiger partial charge on any atom is -0.342 e. The van der Waals surface area contributed by atoms with Crippen LogP contribution in [0.1, 0.15) is 26.7 Å². The van der Waals surface area contributed by atoms with Gasteiger partial charge in [0, 0.05) is 24.4 Å². The second-order valence-corrected chi connectivity index (χ2v) is 3.88. The van der Waals surface area contributed by atoms with Crippen LogP contribution in [0, 0.1) is 5.92 Å². The monoisotopic (exact) mass is 196 g/mol. The van der Waals surface area contributed by atoms with Gasteiger partial charge in [0.15, 0.2) is 0 Å². The van der Waals surface area contributed by atoms with Crippen molar-refractivity contribution in [2.24, 2.45) is 11.0 Å². The molecule has 1 aliphatic rings. The number of nitrogens with zero attached hydrogens (tertiary/aromatic N) is 4. The summed E-state index contributed by atoms with van der Waals surface area (Å²) in [6.07, 6.45) is 1.64. The molecule has 5 nitrogen and oxygen atoms in total. The highest BCUT2D eigenvalue weighted by Gasteiger charge is 2.29. The van der Waals surface area contributed by atoms with Crippen molar-refractivity contribution < 1.29 is 4.79 Å². The molecule has 14 heavy (non-hydrogen) atoms. The second-order valence-electron chi connectivity index (χ2n) is 3.88. The lowest BCUT2D eigenvalue weighted by Crippen LogP contribution is -2.52. The van der Waals surface area contributed by atoms with E-state index >= 15 is 0 Å². The average molecular weight is 196 g/mol. The molecule has 1 amide bonds. The molecular weight excluding hydrogens is 180 g/mol. The highest BCUT2D eigenvalue weighted by atomic mass is 16.2. The first kappa shape index (κ1) is 10.9. The van der Waals surface area contributed by atoms with Gasteiger partial charge in [0.05, 0.1) is 6.04 Å². The van der Waals surface area contributed by atoms with Gasteiger partial charge in [0.1, 0.15) is 0 Å². The number of hydrogen-bond acceptors (Lipinski definition) is 2. The van der Waals surface area contributed by atoms with E-state index in [0.717, 1.165) is 6.42 Å². The van der Waals surface area contributed by atoms with Crippen molar-refractivity contribution in [2.45, 2.75) is 32.7 Å². The maximum Gasteiger partial charge on any atom is 0.222 e. The summed E-state index contributed by atoms with van der Waals surface area (Å²) in [4.78, 5) is 16.0. The Balaban J connectivity index is 2.26. The maximum absolute atomic E-state index is 11.5. The molecule has 0 aromatic rings. The van der Waals surface area contributed by atoms with E-state index in [4.69, 9.17) is 5.53 Å². The molecule has 1 rings (SSSR count). The molecule has 0 radical (unpaired) electrons. The third kappa shape index (κ3) is 2.64. The molecule has 5 heteroatoms. The summed E-state index contributed by atoms with van der Waals surface area (Å²) in [6, 6.07) is 0.000817. The predicted molar refractivity (Wildman–Crippen MR) is 53.6 cm³/mol. The number of likely N-dealkylation sites (tertiary alicyclic amines) is 1. The van der Waals surface area contributed by atoms with Gasteiger partial charge in [-0.2, -0.15) is 0 Å². The van der Waals surface area contributed by atoms with Crippen molar-refractivity contribution in [3.05, 3.63) is 10.4 Å². The summed E-state index contributed by atoms with van der Waals surface area (Å²) in [7, 11) is 0. The smallest absolute Gasteiger partial charge is 0.222 e. The van der Waals surface area contributed by atoms with Crippen molar-refractivity contribution >= 4 is 5.91 Å². The SMILES string of the molecule is CC[C@H](C)CC(=O)N1CC(N=[N+]=[N-])C1. The van der Waals surface area contributed by atoms with E-state index in [1.54, 1.807) is 4.90 Å². The van der Waals surface area contributed by atoms with Crippen LogP contribution in [0.2, 0.25) is 0 Å². The first-order valence-corrected chi connectivity index (χ1v) is 4.99. The van der Waals surface area contributed by atoms with Crippen molar-refractivity contribution in [3.63, 3.8) is 0 Å². The zero-order valence-electron chi connectivity index (χ0n) is 8.68. The van der Waals surface area contributed by atoms with Crippen molar-refractivity contribution in [2.75, 3.05) is 13.1 Å². The Morgan fingerprint density at radius 3 is 2.86 bits per heavy atom. The molecule has 1 fully saturated rings. The van der Waals surface area contributed by atoms with Crippen LogP contribution in [0.5, 0.6) is 0 Å². The molecule has 0 aliphatic carbocycles. The Bertz CT molecular complexity index is 254. The number of carbonyl (C=O) groups is 1. The first-order valence-electron chi connectivity index (χ1n) is 4.99. The molecule has 78 valence electrons. The van der Waals surface area contributed by atoms with Crippen molar-refractivity contribution in [1.82, 2.24) is 4.90 Å². The summed E-state index contributed by atoms with van der Waals surface area (Å²) in [5.74, 6) is 0.629. The standard InChI is InChI=1S/C9H16N4O/c1-3-7(2)4-9(14)13-5-8(6-13)11-12-10/h7-8H,3-6H2,1-2H3/t7-/m0/s1. The van der Waals surface area contributed by atoms with E-state index in [1.807, 2.05) is 0 Å². The molecule has 0 spiro atoms. The Labute approximate surface area is 83.7 Å². The lowest BCUT2D eigenvalue weighted by molar-refractivity contribution is -0.136. The van der Waals surface area contributed by atoms with Crippen LogP contribution in [0.4, 0.5) is 0 Å². The molecule has 1 aliphatic heterocycles. The van der Waals surface area contributed by atoms with Gasteiger partial charge in [-0.1, -0.05) is 25.4 Å². The summed E-state index contributed by atoms with van der Waals surface area (Å²) in [6.45, 7) is 5.35. The normalized spacial score (nSPS) is 18.3. The fourth-order valence-electron chi connectivity index (χ4n) is 1.38. The molecule has 0 unspecified atom stereocenters. The zero-order chi connectivity index (χ0) is 10.6. The molecule has 0 saturated carbocycles. The number of carbonyl (C=O) groups excluding carboxylic acids is 1. The van der Waals surface area contributed by atoms with Gasteiger partial charge in [-0.05, 0) is 11.4 Å². The largest absolute Gasteiger partial charge is 0.342 e. The summed E-state index contributed by atoms with van der Waals surface area (Å²) in [5.41, 5.74) is 8.16. The second kappa shape index (κ2) is 4.86. The Hall–Kier alpha value is -1.22. The van der Waals surface area contributed by atoms with Gasteiger partial charge >= 0.3 is 0 Å². The maximum atomic E-state index is 11.5. The molecule has 0 aromatic carbocycles. The highest BCUT2D eigenvalue weighted by molar-refractivity contribution is 5.77. The molecule has 0 bridgehead atoms. The fraction of sp³-hybridized carbons (Fsp3) is 0.889. The summed E-state index contributed by atoms with van der Waals surface area (Å²) < 4.78 is 0. The van der Waals surface area contributed by atoms with E-state index in [1.165, 1.54) is 0 Å². The molecule has 0 N–H and O–H groups in total. The Morgan fingerprint density at radius 2 is 2.36 bits per heavy atom. The minimum absolute atomic E-state index is 0.000817. The van der Waals surface area contributed by atoms with Crippen molar-refractivity contribution in [3.8, 4) is 0 Å². The van der Waals surface area contributed by atoms with Gasteiger partial charge in [-0.25, -0.2) is 0 Å². The summed E-state index contributed by atoms with van der Waals surface area (Å²) >= 11 is 0. The average Bonchev–Trinajstić information content (AvgIpc) is 2.10. The number of hydrogen-bond donors (Lipinski definition) is 0. The Kier molecular flexibility index (Phi) is 3.77. The van der Waals surface area contributed by atoms with E-state index in [9.17, 15) is 4.79 Å². The first-order chi connectivity index (χ1) is 6.67. The molecule has 1 atom stereocenters. The lowest BCUT2D eigenvalue weighted by atomic mass is 10.0. The fourth-order valence-corrected chi connectivity index (χ4v) is 1.38.